The Hall–Kier alpha value is -0.810. The summed E-state index contributed by atoms with van der Waals surface area (Å²) in [6.45, 7) is 7.51. The summed E-state index contributed by atoms with van der Waals surface area (Å²) in [6, 6.07) is 0. The van der Waals surface area contributed by atoms with Crippen molar-refractivity contribution in [2.24, 2.45) is 11.8 Å². The lowest BCUT2D eigenvalue weighted by Crippen LogP contribution is -2.36. The van der Waals surface area contributed by atoms with Gasteiger partial charge in [0.1, 0.15) is 5.60 Å². The van der Waals surface area contributed by atoms with Gasteiger partial charge >= 0.3 is 6.09 Å². The second-order valence-electron chi connectivity index (χ2n) is 5.86. The van der Waals surface area contributed by atoms with E-state index < -0.39 is 5.60 Å². The van der Waals surface area contributed by atoms with E-state index in [-0.39, 0.29) is 30.6 Å². The maximum absolute atomic E-state index is 11.9. The number of aliphatic hydroxyl groups is 1. The molecule has 2 saturated heterocycles. The molecule has 0 spiro atoms. The van der Waals surface area contributed by atoms with Crippen LogP contribution in [0.1, 0.15) is 20.8 Å². The van der Waals surface area contributed by atoms with E-state index in [1.165, 1.54) is 0 Å². The fourth-order valence-corrected chi connectivity index (χ4v) is 2.46. The number of rotatable bonds is 1. The van der Waals surface area contributed by atoms with Crippen molar-refractivity contribution < 1.29 is 19.4 Å². The second kappa shape index (κ2) is 4.46. The van der Waals surface area contributed by atoms with Crippen LogP contribution in [0.5, 0.6) is 0 Å². The molecule has 0 bridgehead atoms. The molecule has 1 amide bonds. The van der Waals surface area contributed by atoms with Crippen LogP contribution in [0.15, 0.2) is 0 Å². The first-order chi connectivity index (χ1) is 7.90. The van der Waals surface area contributed by atoms with Crippen molar-refractivity contribution >= 4 is 6.09 Å². The molecule has 17 heavy (non-hydrogen) atoms. The standard InChI is InChI=1S/C12H21NO4/c1-12(2,3)17-11(15)13-4-9-8(6-14)7-16-10(9)5-13/h8-10,14H,4-7H2,1-3H3/t8-,9+,10+/m0/s1. The van der Waals surface area contributed by atoms with Crippen LogP contribution in [0.2, 0.25) is 0 Å². The average Bonchev–Trinajstić information content (AvgIpc) is 2.72. The third kappa shape index (κ3) is 2.72. The minimum Gasteiger partial charge on any atom is -0.444 e. The summed E-state index contributed by atoms with van der Waals surface area (Å²) >= 11 is 0. The zero-order valence-corrected chi connectivity index (χ0v) is 10.7. The largest absolute Gasteiger partial charge is 0.444 e. The van der Waals surface area contributed by atoms with E-state index in [4.69, 9.17) is 9.47 Å². The van der Waals surface area contributed by atoms with E-state index in [0.29, 0.717) is 19.7 Å². The van der Waals surface area contributed by atoms with Gasteiger partial charge in [0, 0.05) is 25.0 Å². The number of carbonyl (C=O) groups is 1. The molecule has 0 radical (unpaired) electrons. The predicted octanol–water partition coefficient (Wildman–Crippen LogP) is 0.861. The lowest BCUT2D eigenvalue weighted by Gasteiger charge is -2.25. The summed E-state index contributed by atoms with van der Waals surface area (Å²) < 4.78 is 10.9. The molecule has 0 aliphatic carbocycles. The molecular weight excluding hydrogens is 222 g/mol. The minimum absolute atomic E-state index is 0.0691. The van der Waals surface area contributed by atoms with Gasteiger partial charge in [-0.3, -0.25) is 0 Å². The summed E-state index contributed by atoms with van der Waals surface area (Å²) in [5.41, 5.74) is -0.466. The Labute approximate surface area is 102 Å². The Bertz CT molecular complexity index is 299. The summed E-state index contributed by atoms with van der Waals surface area (Å²) in [4.78, 5) is 13.6. The van der Waals surface area contributed by atoms with Crippen LogP contribution in [-0.2, 0) is 9.47 Å². The van der Waals surface area contributed by atoms with Gasteiger partial charge in [0.25, 0.3) is 0 Å². The molecular formula is C12H21NO4. The fraction of sp³-hybridized carbons (Fsp3) is 0.917. The Kier molecular flexibility index (Phi) is 3.32. The monoisotopic (exact) mass is 243 g/mol. The van der Waals surface area contributed by atoms with E-state index in [1.807, 2.05) is 20.8 Å². The number of nitrogens with zero attached hydrogens (tertiary/aromatic N) is 1. The van der Waals surface area contributed by atoms with Crippen molar-refractivity contribution in [2.75, 3.05) is 26.3 Å². The van der Waals surface area contributed by atoms with Gasteiger partial charge in [-0.2, -0.15) is 0 Å². The number of aliphatic hydroxyl groups excluding tert-OH is 1. The quantitative estimate of drug-likeness (QED) is 0.742. The molecule has 2 aliphatic rings. The Morgan fingerprint density at radius 2 is 2.18 bits per heavy atom. The molecule has 0 aromatic heterocycles. The maximum Gasteiger partial charge on any atom is 0.410 e. The van der Waals surface area contributed by atoms with Crippen molar-refractivity contribution in [3.05, 3.63) is 0 Å². The third-order valence-corrected chi connectivity index (χ3v) is 3.33. The third-order valence-electron chi connectivity index (χ3n) is 3.33. The molecule has 1 N–H and O–H groups in total. The average molecular weight is 243 g/mol. The highest BCUT2D eigenvalue weighted by Gasteiger charge is 2.45. The highest BCUT2D eigenvalue weighted by atomic mass is 16.6. The molecule has 0 aromatic carbocycles. The van der Waals surface area contributed by atoms with Crippen LogP contribution in [0.3, 0.4) is 0 Å². The molecule has 98 valence electrons. The van der Waals surface area contributed by atoms with E-state index in [2.05, 4.69) is 0 Å². The number of likely N-dealkylation sites (tertiary alicyclic amines) is 1. The number of hydrogen-bond acceptors (Lipinski definition) is 4. The van der Waals surface area contributed by atoms with Crippen molar-refractivity contribution in [2.45, 2.75) is 32.5 Å². The van der Waals surface area contributed by atoms with Crippen LogP contribution in [0.25, 0.3) is 0 Å². The van der Waals surface area contributed by atoms with E-state index in [0.717, 1.165) is 0 Å². The lowest BCUT2D eigenvalue weighted by molar-refractivity contribution is 0.0214. The van der Waals surface area contributed by atoms with Crippen LogP contribution < -0.4 is 0 Å². The van der Waals surface area contributed by atoms with Crippen molar-refractivity contribution in [3.8, 4) is 0 Å². The first kappa shape index (κ1) is 12.6. The van der Waals surface area contributed by atoms with Gasteiger partial charge in [-0.05, 0) is 20.8 Å². The zero-order chi connectivity index (χ0) is 12.6. The molecule has 2 heterocycles. The van der Waals surface area contributed by atoms with Crippen LogP contribution in [0, 0.1) is 11.8 Å². The van der Waals surface area contributed by atoms with E-state index in [1.54, 1.807) is 4.90 Å². The molecule has 5 nitrogen and oxygen atoms in total. The minimum atomic E-state index is -0.466. The van der Waals surface area contributed by atoms with Crippen LogP contribution >= 0.6 is 0 Å². The molecule has 0 aromatic rings. The van der Waals surface area contributed by atoms with Crippen molar-refractivity contribution in [3.63, 3.8) is 0 Å². The Morgan fingerprint density at radius 1 is 1.47 bits per heavy atom. The highest BCUT2D eigenvalue weighted by Crippen LogP contribution is 2.33. The van der Waals surface area contributed by atoms with E-state index >= 15 is 0 Å². The summed E-state index contributed by atoms with van der Waals surface area (Å²) in [5.74, 6) is 0.417. The van der Waals surface area contributed by atoms with Gasteiger partial charge < -0.3 is 19.5 Å². The van der Waals surface area contributed by atoms with Gasteiger partial charge in [-0.25, -0.2) is 4.79 Å². The Morgan fingerprint density at radius 3 is 2.76 bits per heavy atom. The Balaban J connectivity index is 1.92. The number of ether oxygens (including phenoxy) is 2. The second-order valence-corrected chi connectivity index (χ2v) is 5.86. The summed E-state index contributed by atoms with van der Waals surface area (Å²) in [7, 11) is 0. The molecule has 2 aliphatic heterocycles. The molecule has 2 rings (SSSR count). The number of hydrogen-bond donors (Lipinski definition) is 1. The van der Waals surface area contributed by atoms with Crippen LogP contribution in [-0.4, -0.2) is 54.1 Å². The first-order valence-corrected chi connectivity index (χ1v) is 6.11. The van der Waals surface area contributed by atoms with Gasteiger partial charge in [-0.1, -0.05) is 0 Å². The zero-order valence-electron chi connectivity index (χ0n) is 10.7. The predicted molar refractivity (Wildman–Crippen MR) is 61.6 cm³/mol. The molecule has 5 heteroatoms. The summed E-state index contributed by atoms with van der Waals surface area (Å²) in [5, 5.41) is 9.21. The fourth-order valence-electron chi connectivity index (χ4n) is 2.46. The molecule has 3 atom stereocenters. The van der Waals surface area contributed by atoms with Gasteiger partial charge in [-0.15, -0.1) is 0 Å². The maximum atomic E-state index is 11.9. The first-order valence-electron chi connectivity index (χ1n) is 6.11. The van der Waals surface area contributed by atoms with Gasteiger partial charge in [0.15, 0.2) is 0 Å². The van der Waals surface area contributed by atoms with Gasteiger partial charge in [0.05, 0.1) is 19.3 Å². The number of amides is 1. The lowest BCUT2D eigenvalue weighted by atomic mass is 9.94. The number of fused-ring (bicyclic) bond motifs is 1. The van der Waals surface area contributed by atoms with Crippen molar-refractivity contribution in [1.82, 2.24) is 4.90 Å². The molecule has 2 fully saturated rings. The molecule has 0 unspecified atom stereocenters. The SMILES string of the molecule is CC(C)(C)OC(=O)N1C[C@@H]2[C@@H](CO)CO[C@@H]2C1. The van der Waals surface area contributed by atoms with Crippen LogP contribution in [0.4, 0.5) is 4.79 Å². The van der Waals surface area contributed by atoms with Gasteiger partial charge in [0.2, 0.25) is 0 Å². The van der Waals surface area contributed by atoms with Crippen molar-refractivity contribution in [1.29, 1.82) is 0 Å². The number of carbonyl (C=O) groups excluding carboxylic acids is 1. The summed E-state index contributed by atoms with van der Waals surface area (Å²) in [6.07, 6.45) is -0.216. The highest BCUT2D eigenvalue weighted by molar-refractivity contribution is 5.68. The smallest absolute Gasteiger partial charge is 0.410 e. The topological polar surface area (TPSA) is 59.0 Å². The normalized spacial score (nSPS) is 32.7. The molecule has 0 saturated carbocycles. The van der Waals surface area contributed by atoms with E-state index in [9.17, 15) is 9.90 Å².